The molecule has 4 heterocycles. The number of anilines is 3. The summed E-state index contributed by atoms with van der Waals surface area (Å²) in [4.78, 5) is 35.4. The van der Waals surface area contributed by atoms with Gasteiger partial charge in [0.1, 0.15) is 11.1 Å². The standard InChI is InChI=1S/C26H31N7O5/c1-15-18-8-7-17(14-20(18)33(31-15)25(35)36)27-23-29-19-10-13-37-21(19)22(30-23)32-11-5-6-16(9-12-32)28-24(34)38-26(2,3)4/h7-8,10,13-14,16H,5-6,9,11-12H2,1-4H3,(H,28,34)(H,35,36)(H,27,29,30). The number of carbonyl (C=O) groups excluding carboxylic acids is 1. The lowest BCUT2D eigenvalue weighted by Crippen LogP contribution is -2.39. The molecule has 1 atom stereocenters. The maximum absolute atomic E-state index is 12.3. The molecule has 0 aliphatic carbocycles. The highest BCUT2D eigenvalue weighted by atomic mass is 16.6. The Balaban J connectivity index is 1.37. The fourth-order valence-corrected chi connectivity index (χ4v) is 4.67. The highest BCUT2D eigenvalue weighted by Crippen LogP contribution is 2.30. The van der Waals surface area contributed by atoms with E-state index in [2.05, 4.69) is 25.6 Å². The van der Waals surface area contributed by atoms with Gasteiger partial charge in [-0.25, -0.2) is 14.6 Å². The van der Waals surface area contributed by atoms with Crippen LogP contribution in [0.5, 0.6) is 0 Å². The number of carboxylic acid groups (broad SMARTS) is 1. The smallest absolute Gasteiger partial charge is 0.432 e. The quantitative estimate of drug-likeness (QED) is 0.334. The molecule has 1 aromatic carbocycles. The van der Waals surface area contributed by atoms with Crippen molar-refractivity contribution in [3.8, 4) is 0 Å². The van der Waals surface area contributed by atoms with Crippen LogP contribution in [-0.2, 0) is 4.74 Å². The molecular weight excluding hydrogens is 490 g/mol. The number of furan rings is 1. The van der Waals surface area contributed by atoms with Crippen LogP contribution in [0.3, 0.4) is 0 Å². The van der Waals surface area contributed by atoms with Crippen molar-refractivity contribution in [1.29, 1.82) is 0 Å². The Kier molecular flexibility index (Phi) is 6.55. The lowest BCUT2D eigenvalue weighted by Gasteiger charge is -2.24. The lowest BCUT2D eigenvalue weighted by atomic mass is 10.1. The van der Waals surface area contributed by atoms with Crippen molar-refractivity contribution in [2.75, 3.05) is 23.3 Å². The van der Waals surface area contributed by atoms with Gasteiger partial charge < -0.3 is 29.8 Å². The van der Waals surface area contributed by atoms with Crippen LogP contribution in [0.25, 0.3) is 22.0 Å². The predicted octanol–water partition coefficient (Wildman–Crippen LogP) is 5.03. The van der Waals surface area contributed by atoms with E-state index in [4.69, 9.17) is 14.1 Å². The van der Waals surface area contributed by atoms with E-state index in [0.717, 1.165) is 35.9 Å². The van der Waals surface area contributed by atoms with Crippen molar-refractivity contribution in [3.63, 3.8) is 0 Å². The van der Waals surface area contributed by atoms with E-state index >= 15 is 0 Å². The molecule has 1 aliphatic heterocycles. The summed E-state index contributed by atoms with van der Waals surface area (Å²) in [5.41, 5.74) is 2.42. The average Bonchev–Trinajstić information content (AvgIpc) is 3.36. The maximum Gasteiger partial charge on any atom is 0.432 e. The Morgan fingerprint density at radius 1 is 1.16 bits per heavy atom. The molecule has 3 aromatic heterocycles. The van der Waals surface area contributed by atoms with Crippen LogP contribution in [-0.4, -0.2) is 61.8 Å². The van der Waals surface area contributed by atoms with Crippen LogP contribution in [0, 0.1) is 6.92 Å². The van der Waals surface area contributed by atoms with Crippen LogP contribution in [0.4, 0.5) is 27.0 Å². The van der Waals surface area contributed by atoms with Gasteiger partial charge in [0, 0.05) is 36.3 Å². The third-order valence-electron chi connectivity index (χ3n) is 6.34. The number of rotatable bonds is 4. The SMILES string of the molecule is Cc1nn(C(=O)O)c2cc(Nc3nc(N4CCCC(NC(=O)OC(C)(C)C)CC4)c4occc4n3)ccc12. The zero-order valence-corrected chi connectivity index (χ0v) is 21.8. The number of nitrogens with one attached hydrogen (secondary N) is 2. The van der Waals surface area contributed by atoms with Crippen molar-refractivity contribution in [2.45, 2.75) is 58.6 Å². The van der Waals surface area contributed by atoms with E-state index in [0.29, 0.717) is 46.3 Å². The van der Waals surface area contributed by atoms with Crippen molar-refractivity contribution >= 4 is 51.6 Å². The van der Waals surface area contributed by atoms with Gasteiger partial charge in [0.05, 0.1) is 17.5 Å². The summed E-state index contributed by atoms with van der Waals surface area (Å²) in [5, 5.41) is 20.6. The Morgan fingerprint density at radius 3 is 2.74 bits per heavy atom. The van der Waals surface area contributed by atoms with Gasteiger partial charge in [0.2, 0.25) is 5.95 Å². The Morgan fingerprint density at radius 2 is 1.97 bits per heavy atom. The summed E-state index contributed by atoms with van der Waals surface area (Å²) in [6.45, 7) is 8.70. The van der Waals surface area contributed by atoms with Crippen molar-refractivity contribution in [3.05, 3.63) is 36.2 Å². The molecule has 5 rings (SSSR count). The number of hydrogen-bond donors (Lipinski definition) is 3. The average molecular weight is 522 g/mol. The Hall–Kier alpha value is -4.35. The second-order valence-corrected chi connectivity index (χ2v) is 10.4. The largest absolute Gasteiger partial charge is 0.463 e. The Labute approximate surface area is 219 Å². The van der Waals surface area contributed by atoms with Crippen molar-refractivity contribution in [2.24, 2.45) is 0 Å². The first kappa shape index (κ1) is 25.3. The van der Waals surface area contributed by atoms with Gasteiger partial charge in [-0.2, -0.15) is 14.8 Å². The van der Waals surface area contributed by atoms with Gasteiger partial charge >= 0.3 is 12.2 Å². The molecule has 1 fully saturated rings. The first-order valence-electron chi connectivity index (χ1n) is 12.6. The van der Waals surface area contributed by atoms with E-state index < -0.39 is 17.8 Å². The molecule has 3 N–H and O–H groups in total. The van der Waals surface area contributed by atoms with E-state index in [9.17, 15) is 14.7 Å². The maximum atomic E-state index is 12.3. The molecule has 1 aliphatic rings. The number of aromatic nitrogens is 4. The van der Waals surface area contributed by atoms with E-state index in [1.165, 1.54) is 0 Å². The van der Waals surface area contributed by atoms with E-state index in [1.807, 2.05) is 32.9 Å². The minimum Gasteiger partial charge on any atom is -0.463 e. The minimum absolute atomic E-state index is 0.00403. The molecule has 0 saturated carbocycles. The summed E-state index contributed by atoms with van der Waals surface area (Å²) in [6, 6.07) is 7.15. The molecule has 38 heavy (non-hydrogen) atoms. The minimum atomic E-state index is -1.15. The zero-order chi connectivity index (χ0) is 27.0. The molecule has 1 amide bonds. The number of amides is 1. The third kappa shape index (κ3) is 5.34. The molecule has 12 heteroatoms. The summed E-state index contributed by atoms with van der Waals surface area (Å²) in [6.07, 6.45) is 2.42. The number of ether oxygens (including phenoxy) is 1. The molecule has 0 radical (unpaired) electrons. The highest BCUT2D eigenvalue weighted by Gasteiger charge is 2.25. The molecule has 1 unspecified atom stereocenters. The topological polar surface area (TPSA) is 148 Å². The van der Waals surface area contributed by atoms with Crippen molar-refractivity contribution in [1.82, 2.24) is 25.1 Å². The molecule has 0 spiro atoms. The molecular formula is C26H31N7O5. The number of aryl methyl sites for hydroxylation is 1. The van der Waals surface area contributed by atoms with Gasteiger partial charge in [-0.3, -0.25) is 0 Å². The van der Waals surface area contributed by atoms with Gasteiger partial charge in [0.15, 0.2) is 11.4 Å². The van der Waals surface area contributed by atoms with Crippen LogP contribution in [0.15, 0.2) is 34.9 Å². The molecule has 12 nitrogen and oxygen atoms in total. The number of fused-ring (bicyclic) bond motifs is 2. The number of hydrogen-bond acceptors (Lipinski definition) is 9. The van der Waals surface area contributed by atoms with Gasteiger partial charge in [-0.05, 0) is 65.2 Å². The van der Waals surface area contributed by atoms with Crippen molar-refractivity contribution < 1.29 is 23.8 Å². The zero-order valence-electron chi connectivity index (χ0n) is 21.8. The fourth-order valence-electron chi connectivity index (χ4n) is 4.67. The third-order valence-corrected chi connectivity index (χ3v) is 6.34. The number of carbonyl (C=O) groups is 2. The molecule has 200 valence electrons. The normalized spacial score (nSPS) is 16.4. The summed E-state index contributed by atoms with van der Waals surface area (Å²) in [5.74, 6) is 1.02. The number of nitrogens with zero attached hydrogens (tertiary/aromatic N) is 5. The molecule has 0 bridgehead atoms. The molecule has 4 aromatic rings. The van der Waals surface area contributed by atoms with Crippen LogP contribution >= 0.6 is 0 Å². The van der Waals surface area contributed by atoms with Gasteiger partial charge in [-0.15, -0.1) is 0 Å². The van der Waals surface area contributed by atoms with Crippen LogP contribution < -0.4 is 15.5 Å². The summed E-state index contributed by atoms with van der Waals surface area (Å²) < 4.78 is 12.1. The predicted molar refractivity (Wildman–Crippen MR) is 142 cm³/mol. The fraction of sp³-hybridized carbons (Fsp3) is 0.423. The molecule has 1 saturated heterocycles. The number of benzene rings is 1. The Bertz CT molecular complexity index is 1500. The summed E-state index contributed by atoms with van der Waals surface area (Å²) in [7, 11) is 0. The van der Waals surface area contributed by atoms with E-state index in [1.54, 1.807) is 25.3 Å². The van der Waals surface area contributed by atoms with Crippen LogP contribution in [0.2, 0.25) is 0 Å². The second kappa shape index (κ2) is 9.84. The van der Waals surface area contributed by atoms with Gasteiger partial charge in [-0.1, -0.05) is 0 Å². The highest BCUT2D eigenvalue weighted by molar-refractivity contribution is 5.92. The van der Waals surface area contributed by atoms with E-state index in [-0.39, 0.29) is 6.04 Å². The lowest BCUT2D eigenvalue weighted by molar-refractivity contribution is 0.0500. The number of alkyl carbamates (subject to hydrolysis) is 1. The summed E-state index contributed by atoms with van der Waals surface area (Å²) >= 11 is 0. The van der Waals surface area contributed by atoms with Crippen LogP contribution in [0.1, 0.15) is 45.7 Å². The first-order valence-corrected chi connectivity index (χ1v) is 12.6. The second-order valence-electron chi connectivity index (χ2n) is 10.4. The van der Waals surface area contributed by atoms with Gasteiger partial charge in [0.25, 0.3) is 0 Å². The first-order chi connectivity index (χ1) is 18.1. The monoisotopic (exact) mass is 521 g/mol.